The molecule has 0 spiro atoms. The van der Waals surface area contributed by atoms with Crippen molar-refractivity contribution in [2.45, 2.75) is 38.5 Å². The van der Waals surface area contributed by atoms with Crippen LogP contribution in [0.25, 0.3) is 0 Å². The van der Waals surface area contributed by atoms with E-state index in [1.165, 1.54) is 31.2 Å². The van der Waals surface area contributed by atoms with Crippen molar-refractivity contribution in [3.63, 3.8) is 0 Å². The normalized spacial score (nSPS) is 12.3. The molecule has 2 aromatic carbocycles. The van der Waals surface area contributed by atoms with E-state index in [0.717, 1.165) is 5.56 Å². The maximum atomic E-state index is 13.1. The first-order chi connectivity index (χ1) is 14.7. The van der Waals surface area contributed by atoms with Crippen LogP contribution in [0.2, 0.25) is 0 Å². The molecule has 0 fully saturated rings. The molecule has 0 bridgehead atoms. The Bertz CT molecular complexity index is 917. The zero-order valence-corrected chi connectivity index (χ0v) is 16.8. The number of carbonyl (C=O) groups excluding carboxylic acids is 3. The molecule has 0 saturated heterocycles. The van der Waals surface area contributed by atoms with E-state index in [2.05, 4.69) is 10.6 Å². The van der Waals surface area contributed by atoms with Crippen molar-refractivity contribution in [1.82, 2.24) is 10.6 Å². The van der Waals surface area contributed by atoms with Crippen molar-refractivity contribution in [2.24, 2.45) is 0 Å². The van der Waals surface area contributed by atoms with Crippen LogP contribution in [0.1, 0.15) is 24.5 Å². The second-order valence-corrected chi connectivity index (χ2v) is 6.83. The largest absolute Gasteiger partial charge is 0.480 e. The van der Waals surface area contributed by atoms with Crippen LogP contribution in [0.15, 0.2) is 54.6 Å². The third-order valence-electron chi connectivity index (χ3n) is 4.28. The zero-order valence-electron chi connectivity index (χ0n) is 16.8. The molecule has 9 heteroatoms. The maximum Gasteiger partial charge on any atom is 0.326 e. The number of aliphatic carboxylic acids is 1. The predicted molar refractivity (Wildman–Crippen MR) is 108 cm³/mol. The lowest BCUT2D eigenvalue weighted by Gasteiger charge is -2.21. The minimum absolute atomic E-state index is 0.0104. The number of hydrogen-bond acceptors (Lipinski definition) is 5. The molecular formula is C22H23FN2O6. The van der Waals surface area contributed by atoms with Gasteiger partial charge in [0.15, 0.2) is 0 Å². The fourth-order valence-electron chi connectivity index (χ4n) is 2.75. The maximum absolute atomic E-state index is 13.1. The van der Waals surface area contributed by atoms with Crippen molar-refractivity contribution >= 4 is 23.8 Å². The van der Waals surface area contributed by atoms with E-state index in [0.29, 0.717) is 5.56 Å². The van der Waals surface area contributed by atoms with E-state index in [-0.39, 0.29) is 13.0 Å². The van der Waals surface area contributed by atoms with Crippen LogP contribution in [-0.2, 0) is 36.9 Å². The summed E-state index contributed by atoms with van der Waals surface area (Å²) >= 11 is 0. The molecule has 0 radical (unpaired) electrons. The van der Waals surface area contributed by atoms with Crippen molar-refractivity contribution in [2.75, 3.05) is 0 Å². The van der Waals surface area contributed by atoms with Crippen LogP contribution in [0.5, 0.6) is 0 Å². The molecule has 8 nitrogen and oxygen atoms in total. The molecule has 0 aliphatic rings. The number of carboxylic acids is 1. The van der Waals surface area contributed by atoms with Gasteiger partial charge in [-0.1, -0.05) is 42.5 Å². The van der Waals surface area contributed by atoms with E-state index < -0.39 is 48.1 Å². The lowest BCUT2D eigenvalue weighted by Crippen LogP contribution is -2.52. The molecule has 164 valence electrons. The standard InChI is InChI=1S/C22H23FN2O6/c1-14(26)24-18(11-15-7-9-17(23)10-8-15)21(28)25-19(22(29)30)12-20(27)31-13-16-5-3-2-4-6-16/h2-10,18-19H,11-13H2,1H3,(H,24,26)(H,25,28)(H,29,30)/t18-,19-/m1/s1. The Labute approximate surface area is 178 Å². The van der Waals surface area contributed by atoms with Gasteiger partial charge in [0.05, 0.1) is 6.42 Å². The van der Waals surface area contributed by atoms with Crippen molar-refractivity contribution in [1.29, 1.82) is 0 Å². The quantitative estimate of drug-likeness (QED) is 0.492. The molecular weight excluding hydrogens is 407 g/mol. The van der Waals surface area contributed by atoms with Gasteiger partial charge in [-0.05, 0) is 23.3 Å². The fourth-order valence-corrected chi connectivity index (χ4v) is 2.75. The summed E-state index contributed by atoms with van der Waals surface area (Å²) in [5, 5.41) is 14.1. The predicted octanol–water partition coefficient (Wildman–Crippen LogP) is 1.58. The lowest BCUT2D eigenvalue weighted by molar-refractivity contribution is -0.151. The highest BCUT2D eigenvalue weighted by molar-refractivity contribution is 5.91. The number of ether oxygens (including phenoxy) is 1. The molecule has 0 unspecified atom stereocenters. The number of halogens is 1. The summed E-state index contributed by atoms with van der Waals surface area (Å²) in [6, 6.07) is 11.5. The number of benzene rings is 2. The summed E-state index contributed by atoms with van der Waals surface area (Å²) in [5.74, 6) is -3.97. The first-order valence-corrected chi connectivity index (χ1v) is 9.49. The number of rotatable bonds is 10. The SMILES string of the molecule is CC(=O)N[C@H](Cc1ccc(F)cc1)C(=O)N[C@H](CC(=O)OCc1ccccc1)C(=O)O. The number of nitrogens with one attached hydrogen (secondary N) is 2. The van der Waals surface area contributed by atoms with Gasteiger partial charge in [0.25, 0.3) is 0 Å². The molecule has 3 N–H and O–H groups in total. The zero-order chi connectivity index (χ0) is 22.8. The number of esters is 1. The molecule has 2 aromatic rings. The average molecular weight is 430 g/mol. The molecule has 0 saturated carbocycles. The Hall–Kier alpha value is -3.75. The molecule has 0 aliphatic carbocycles. The number of hydrogen-bond donors (Lipinski definition) is 3. The Morgan fingerprint density at radius 3 is 2.16 bits per heavy atom. The molecule has 0 aromatic heterocycles. The highest BCUT2D eigenvalue weighted by Crippen LogP contribution is 2.08. The van der Waals surface area contributed by atoms with Crippen LogP contribution in [0.3, 0.4) is 0 Å². The molecule has 2 atom stereocenters. The first kappa shape index (κ1) is 23.5. The first-order valence-electron chi connectivity index (χ1n) is 9.49. The summed E-state index contributed by atoms with van der Waals surface area (Å²) < 4.78 is 18.2. The second kappa shape index (κ2) is 11.4. The minimum Gasteiger partial charge on any atom is -0.480 e. The van der Waals surface area contributed by atoms with E-state index in [1.54, 1.807) is 30.3 Å². The van der Waals surface area contributed by atoms with Crippen molar-refractivity contribution < 1.29 is 33.4 Å². The number of amides is 2. The third kappa shape index (κ3) is 8.25. The van der Waals surface area contributed by atoms with Crippen molar-refractivity contribution in [3.8, 4) is 0 Å². The van der Waals surface area contributed by atoms with E-state index in [4.69, 9.17) is 4.74 Å². The molecule has 2 amide bonds. The summed E-state index contributed by atoms with van der Waals surface area (Å²) in [5.41, 5.74) is 1.29. The van der Waals surface area contributed by atoms with Gasteiger partial charge in [-0.25, -0.2) is 9.18 Å². The van der Waals surface area contributed by atoms with Gasteiger partial charge in [0.2, 0.25) is 11.8 Å². The van der Waals surface area contributed by atoms with E-state index in [9.17, 15) is 28.7 Å². The molecule has 2 rings (SSSR count). The van der Waals surface area contributed by atoms with E-state index >= 15 is 0 Å². The van der Waals surface area contributed by atoms with Crippen LogP contribution >= 0.6 is 0 Å². The van der Waals surface area contributed by atoms with E-state index in [1.807, 2.05) is 0 Å². The smallest absolute Gasteiger partial charge is 0.326 e. The van der Waals surface area contributed by atoms with Gasteiger partial charge in [0, 0.05) is 13.3 Å². The van der Waals surface area contributed by atoms with Gasteiger partial charge in [-0.2, -0.15) is 0 Å². The highest BCUT2D eigenvalue weighted by Gasteiger charge is 2.28. The van der Waals surface area contributed by atoms with Crippen LogP contribution in [-0.4, -0.2) is 40.9 Å². The topological polar surface area (TPSA) is 122 Å². The fraction of sp³-hybridized carbons (Fsp3) is 0.273. The second-order valence-electron chi connectivity index (χ2n) is 6.83. The Morgan fingerprint density at radius 1 is 0.935 bits per heavy atom. The average Bonchev–Trinajstić information content (AvgIpc) is 2.73. The van der Waals surface area contributed by atoms with Gasteiger partial charge >= 0.3 is 11.9 Å². The summed E-state index contributed by atoms with van der Waals surface area (Å²) in [6.07, 6.45) is -0.576. The molecule has 0 heterocycles. The summed E-state index contributed by atoms with van der Waals surface area (Å²) in [7, 11) is 0. The Morgan fingerprint density at radius 2 is 1.58 bits per heavy atom. The third-order valence-corrected chi connectivity index (χ3v) is 4.28. The van der Waals surface area contributed by atoms with Gasteiger partial charge < -0.3 is 20.5 Å². The molecule has 0 aliphatic heterocycles. The van der Waals surface area contributed by atoms with Gasteiger partial charge in [-0.3, -0.25) is 14.4 Å². The Balaban J connectivity index is 1.99. The minimum atomic E-state index is -1.54. The lowest BCUT2D eigenvalue weighted by atomic mass is 10.0. The monoisotopic (exact) mass is 430 g/mol. The van der Waals surface area contributed by atoms with Crippen molar-refractivity contribution in [3.05, 3.63) is 71.5 Å². The highest BCUT2D eigenvalue weighted by atomic mass is 19.1. The van der Waals surface area contributed by atoms with Crippen LogP contribution in [0.4, 0.5) is 4.39 Å². The number of carbonyl (C=O) groups is 4. The molecule has 31 heavy (non-hydrogen) atoms. The number of carboxylic acid groups (broad SMARTS) is 1. The van der Waals surface area contributed by atoms with Gasteiger partial charge in [0.1, 0.15) is 24.5 Å². The summed E-state index contributed by atoms with van der Waals surface area (Å²) in [4.78, 5) is 47.7. The van der Waals surface area contributed by atoms with Gasteiger partial charge in [-0.15, -0.1) is 0 Å². The van der Waals surface area contributed by atoms with Crippen LogP contribution < -0.4 is 10.6 Å². The summed E-state index contributed by atoms with van der Waals surface area (Å²) in [6.45, 7) is 1.18. The Kier molecular flexibility index (Phi) is 8.68. The van der Waals surface area contributed by atoms with Crippen LogP contribution in [0, 0.1) is 5.82 Å².